The van der Waals surface area contributed by atoms with Crippen LogP contribution in [-0.4, -0.2) is 24.4 Å². The van der Waals surface area contributed by atoms with Crippen LogP contribution in [0.1, 0.15) is 25.0 Å². The molecule has 0 aliphatic heterocycles. The second-order valence-corrected chi connectivity index (χ2v) is 6.32. The average Bonchev–Trinajstić information content (AvgIpc) is 2.53. The molecule has 0 bridgehead atoms. The predicted octanol–water partition coefficient (Wildman–Crippen LogP) is 3.27. The second-order valence-electron chi connectivity index (χ2n) is 6.32. The van der Waals surface area contributed by atoms with Gasteiger partial charge < -0.3 is 19.9 Å². The highest BCUT2D eigenvalue weighted by molar-refractivity contribution is 5.43. The Balaban J connectivity index is 1.96. The largest absolute Gasteiger partial charge is 0.493 e. The van der Waals surface area contributed by atoms with Crippen molar-refractivity contribution in [1.29, 1.82) is 0 Å². The van der Waals surface area contributed by atoms with Crippen LogP contribution in [0.25, 0.3) is 0 Å². The molecule has 0 unspecified atom stereocenters. The van der Waals surface area contributed by atoms with E-state index in [1.54, 1.807) is 33.1 Å². The van der Waals surface area contributed by atoms with Gasteiger partial charge in [0.05, 0.1) is 12.7 Å². The Kier molecular flexibility index (Phi) is 6.17. The van der Waals surface area contributed by atoms with Gasteiger partial charge in [-0.1, -0.05) is 18.2 Å². The molecule has 2 aromatic rings. The minimum absolute atomic E-state index is 0.265. The third-order valence-electron chi connectivity index (χ3n) is 3.42. The van der Waals surface area contributed by atoms with Crippen LogP contribution in [0.3, 0.4) is 0 Å². The summed E-state index contributed by atoms with van der Waals surface area (Å²) >= 11 is 0. The van der Waals surface area contributed by atoms with Crippen molar-refractivity contribution in [3.05, 3.63) is 59.4 Å². The molecule has 130 valence electrons. The highest BCUT2D eigenvalue weighted by atomic mass is 19.1. The Morgan fingerprint density at radius 3 is 2.33 bits per heavy atom. The fourth-order valence-corrected chi connectivity index (χ4v) is 2.20. The number of nitrogens with one attached hydrogen (secondary N) is 1. The van der Waals surface area contributed by atoms with E-state index < -0.39 is 5.60 Å². The smallest absolute Gasteiger partial charge is 0.161 e. The fraction of sp³-hybridized carbons (Fsp3) is 0.368. The summed E-state index contributed by atoms with van der Waals surface area (Å²) in [5.74, 6) is 1.01. The Morgan fingerprint density at radius 2 is 1.71 bits per heavy atom. The van der Waals surface area contributed by atoms with Crippen molar-refractivity contribution >= 4 is 0 Å². The van der Waals surface area contributed by atoms with Gasteiger partial charge in [0.1, 0.15) is 12.4 Å². The maximum atomic E-state index is 12.9. The van der Waals surface area contributed by atoms with Crippen LogP contribution in [0.5, 0.6) is 11.5 Å². The number of aliphatic hydroxyl groups is 1. The standard InChI is InChI=1S/C19H24FNO3/c1-19(2,22)13-21-11-15-6-9-17(18(10-15)23-3)24-12-14-4-7-16(20)8-5-14/h4-10,21-22H,11-13H2,1-3H3. The summed E-state index contributed by atoms with van der Waals surface area (Å²) in [6.07, 6.45) is 0. The molecule has 0 atom stereocenters. The van der Waals surface area contributed by atoms with Crippen LogP contribution in [0.2, 0.25) is 0 Å². The minimum Gasteiger partial charge on any atom is -0.493 e. The summed E-state index contributed by atoms with van der Waals surface area (Å²) in [5.41, 5.74) is 1.17. The lowest BCUT2D eigenvalue weighted by Gasteiger charge is -2.18. The van der Waals surface area contributed by atoms with E-state index in [1.165, 1.54) is 12.1 Å². The molecule has 4 nitrogen and oxygen atoms in total. The molecule has 0 amide bonds. The number of hydrogen-bond acceptors (Lipinski definition) is 4. The van der Waals surface area contributed by atoms with Crippen LogP contribution in [0.4, 0.5) is 4.39 Å². The van der Waals surface area contributed by atoms with Gasteiger partial charge in [0, 0.05) is 13.1 Å². The SMILES string of the molecule is COc1cc(CNCC(C)(C)O)ccc1OCc1ccc(F)cc1. The quantitative estimate of drug-likeness (QED) is 0.778. The van der Waals surface area contributed by atoms with Crippen molar-refractivity contribution in [3.8, 4) is 11.5 Å². The molecule has 5 heteroatoms. The molecular weight excluding hydrogens is 309 g/mol. The van der Waals surface area contributed by atoms with Gasteiger partial charge in [-0.3, -0.25) is 0 Å². The normalized spacial score (nSPS) is 11.4. The lowest BCUT2D eigenvalue weighted by molar-refractivity contribution is 0.0795. The third-order valence-corrected chi connectivity index (χ3v) is 3.42. The highest BCUT2D eigenvalue weighted by Gasteiger charge is 2.12. The van der Waals surface area contributed by atoms with Crippen molar-refractivity contribution in [2.75, 3.05) is 13.7 Å². The summed E-state index contributed by atoms with van der Waals surface area (Å²) in [7, 11) is 1.59. The van der Waals surface area contributed by atoms with E-state index in [9.17, 15) is 9.50 Å². The zero-order valence-corrected chi connectivity index (χ0v) is 14.3. The monoisotopic (exact) mass is 333 g/mol. The maximum absolute atomic E-state index is 12.9. The molecule has 2 rings (SSSR count). The summed E-state index contributed by atoms with van der Waals surface area (Å²) in [6, 6.07) is 11.9. The van der Waals surface area contributed by atoms with E-state index >= 15 is 0 Å². The molecule has 0 heterocycles. The molecule has 0 aliphatic rings. The topological polar surface area (TPSA) is 50.7 Å². The summed E-state index contributed by atoms with van der Waals surface area (Å²) < 4.78 is 24.0. The molecule has 0 saturated carbocycles. The number of rotatable bonds is 8. The molecule has 24 heavy (non-hydrogen) atoms. The van der Waals surface area contributed by atoms with E-state index in [0.29, 0.717) is 31.2 Å². The first-order valence-corrected chi connectivity index (χ1v) is 7.84. The Morgan fingerprint density at radius 1 is 1.04 bits per heavy atom. The highest BCUT2D eigenvalue weighted by Crippen LogP contribution is 2.29. The van der Waals surface area contributed by atoms with Gasteiger partial charge in [0.25, 0.3) is 0 Å². The first-order valence-electron chi connectivity index (χ1n) is 7.84. The van der Waals surface area contributed by atoms with Crippen LogP contribution in [0.15, 0.2) is 42.5 Å². The van der Waals surface area contributed by atoms with Crippen molar-refractivity contribution in [3.63, 3.8) is 0 Å². The van der Waals surface area contributed by atoms with E-state index in [4.69, 9.17) is 9.47 Å². The van der Waals surface area contributed by atoms with Gasteiger partial charge >= 0.3 is 0 Å². The molecule has 0 aromatic heterocycles. The number of benzene rings is 2. The van der Waals surface area contributed by atoms with E-state index in [1.807, 2.05) is 18.2 Å². The molecule has 0 fully saturated rings. The molecule has 0 radical (unpaired) electrons. The van der Waals surface area contributed by atoms with Crippen LogP contribution in [0, 0.1) is 5.82 Å². The molecule has 2 aromatic carbocycles. The Hall–Kier alpha value is -2.11. The summed E-state index contributed by atoms with van der Waals surface area (Å²) in [4.78, 5) is 0. The third kappa shape index (κ3) is 5.83. The van der Waals surface area contributed by atoms with Gasteiger partial charge in [-0.2, -0.15) is 0 Å². The fourth-order valence-electron chi connectivity index (χ4n) is 2.20. The van der Waals surface area contributed by atoms with Gasteiger partial charge in [0.15, 0.2) is 11.5 Å². The number of hydrogen-bond donors (Lipinski definition) is 2. The van der Waals surface area contributed by atoms with Gasteiger partial charge in [-0.15, -0.1) is 0 Å². The summed E-state index contributed by atoms with van der Waals surface area (Å²) in [6.45, 7) is 4.98. The van der Waals surface area contributed by atoms with Crippen molar-refractivity contribution in [2.24, 2.45) is 0 Å². The van der Waals surface area contributed by atoms with Crippen LogP contribution < -0.4 is 14.8 Å². The predicted molar refractivity (Wildman–Crippen MR) is 91.7 cm³/mol. The van der Waals surface area contributed by atoms with E-state index in [-0.39, 0.29) is 5.82 Å². The minimum atomic E-state index is -0.748. The first-order chi connectivity index (χ1) is 11.4. The van der Waals surface area contributed by atoms with Crippen molar-refractivity contribution in [1.82, 2.24) is 5.32 Å². The number of halogens is 1. The average molecular weight is 333 g/mol. The first kappa shape index (κ1) is 18.2. The molecule has 0 spiro atoms. The zero-order chi connectivity index (χ0) is 17.6. The summed E-state index contributed by atoms with van der Waals surface area (Å²) in [5, 5.41) is 12.9. The van der Waals surface area contributed by atoms with Gasteiger partial charge in [-0.05, 0) is 49.2 Å². The van der Waals surface area contributed by atoms with Crippen LogP contribution >= 0.6 is 0 Å². The Bertz CT molecular complexity index is 651. The van der Waals surface area contributed by atoms with Crippen LogP contribution in [-0.2, 0) is 13.2 Å². The lowest BCUT2D eigenvalue weighted by Crippen LogP contribution is -2.34. The van der Waals surface area contributed by atoms with Gasteiger partial charge in [-0.25, -0.2) is 4.39 Å². The van der Waals surface area contributed by atoms with Gasteiger partial charge in [0.2, 0.25) is 0 Å². The van der Waals surface area contributed by atoms with Crippen molar-refractivity contribution < 1.29 is 19.0 Å². The zero-order valence-electron chi connectivity index (χ0n) is 14.3. The van der Waals surface area contributed by atoms with E-state index in [0.717, 1.165) is 11.1 Å². The molecule has 2 N–H and O–H groups in total. The number of methoxy groups -OCH3 is 1. The van der Waals surface area contributed by atoms with E-state index in [2.05, 4.69) is 5.32 Å². The molecule has 0 saturated heterocycles. The Labute approximate surface area is 142 Å². The maximum Gasteiger partial charge on any atom is 0.161 e. The molecule has 0 aliphatic carbocycles. The molecular formula is C19H24FNO3. The number of ether oxygens (including phenoxy) is 2. The lowest BCUT2D eigenvalue weighted by atomic mass is 10.1. The second kappa shape index (κ2) is 8.13. The van der Waals surface area contributed by atoms with Crippen molar-refractivity contribution in [2.45, 2.75) is 32.6 Å².